The van der Waals surface area contributed by atoms with Crippen LogP contribution in [-0.2, 0) is 26.6 Å². The van der Waals surface area contributed by atoms with E-state index in [1.54, 1.807) is 48.5 Å². The fraction of sp³-hybridized carbons (Fsp3) is 0.0833. The highest BCUT2D eigenvalue weighted by molar-refractivity contribution is 7.88. The van der Waals surface area contributed by atoms with Gasteiger partial charge in [0.1, 0.15) is 12.4 Å². The van der Waals surface area contributed by atoms with Crippen LogP contribution >= 0.6 is 0 Å². The van der Waals surface area contributed by atoms with Gasteiger partial charge < -0.3 is 5.32 Å². The van der Waals surface area contributed by atoms with Gasteiger partial charge in [0.25, 0.3) is 5.91 Å². The molecular weight excluding hydrogens is 472 g/mol. The van der Waals surface area contributed by atoms with Crippen LogP contribution in [0.3, 0.4) is 0 Å². The van der Waals surface area contributed by atoms with Crippen molar-refractivity contribution >= 4 is 34.0 Å². The van der Waals surface area contributed by atoms with Crippen molar-refractivity contribution in [1.82, 2.24) is 0 Å². The number of fused-ring (bicyclic) bond motifs is 1. The van der Waals surface area contributed by atoms with Crippen molar-refractivity contribution in [2.75, 3.05) is 16.8 Å². The molecule has 1 atom stereocenters. The van der Waals surface area contributed by atoms with E-state index in [4.69, 9.17) is 0 Å². The van der Waals surface area contributed by atoms with Crippen LogP contribution in [0.2, 0.25) is 0 Å². The summed E-state index contributed by atoms with van der Waals surface area (Å²) in [6.45, 7) is -0.661. The molecule has 0 bridgehead atoms. The largest absolute Gasteiger partial charge is 0.418 e. The molecule has 1 heterocycles. The van der Waals surface area contributed by atoms with E-state index in [2.05, 4.69) is 5.32 Å². The van der Waals surface area contributed by atoms with Gasteiger partial charge in [0.05, 0.1) is 32.6 Å². The standard InChI is InChI=1S/C24H16F4N2O3S/c25-16-9-10-19(18(13-16)24(26,27)28)29-21(31)14-30-22(32)11-12-34(33)20-8-4-7-17(23(20)30)15-5-2-1-3-6-15/h1-13H,14H2,(H,29,31). The molecule has 1 aliphatic heterocycles. The molecule has 0 saturated carbocycles. The van der Waals surface area contributed by atoms with Crippen LogP contribution in [0.1, 0.15) is 5.56 Å². The molecule has 0 radical (unpaired) electrons. The summed E-state index contributed by atoms with van der Waals surface area (Å²) in [7, 11) is -1.69. The molecule has 0 fully saturated rings. The van der Waals surface area contributed by atoms with Gasteiger partial charge in [-0.15, -0.1) is 0 Å². The molecule has 34 heavy (non-hydrogen) atoms. The Kier molecular flexibility index (Phi) is 6.34. The lowest BCUT2D eigenvalue weighted by Crippen LogP contribution is -2.37. The normalized spacial score (nSPS) is 15.6. The molecule has 1 unspecified atom stereocenters. The second kappa shape index (κ2) is 9.22. The maximum Gasteiger partial charge on any atom is 0.418 e. The van der Waals surface area contributed by atoms with Crippen molar-refractivity contribution in [2.24, 2.45) is 0 Å². The Morgan fingerprint density at radius 1 is 1.00 bits per heavy atom. The molecule has 0 aliphatic carbocycles. The highest BCUT2D eigenvalue weighted by Gasteiger charge is 2.35. The fourth-order valence-corrected chi connectivity index (χ4v) is 4.57. The summed E-state index contributed by atoms with van der Waals surface area (Å²) < 4.78 is 66.0. The molecule has 10 heteroatoms. The lowest BCUT2D eigenvalue weighted by molar-refractivity contribution is -0.137. The fourth-order valence-electron chi connectivity index (χ4n) is 3.56. The number of carbonyl (C=O) groups excluding carboxylic acids is 2. The molecule has 3 aromatic carbocycles. The second-order valence-electron chi connectivity index (χ2n) is 7.28. The van der Waals surface area contributed by atoms with E-state index in [9.17, 15) is 31.4 Å². The van der Waals surface area contributed by atoms with Crippen LogP contribution in [0.4, 0.5) is 28.9 Å². The van der Waals surface area contributed by atoms with Crippen LogP contribution in [0.25, 0.3) is 11.1 Å². The Bertz CT molecular complexity index is 1320. The second-order valence-corrected chi connectivity index (χ2v) is 8.59. The number of hydrogen-bond donors (Lipinski definition) is 1. The Labute approximate surface area is 194 Å². The highest BCUT2D eigenvalue weighted by Crippen LogP contribution is 2.38. The zero-order valence-electron chi connectivity index (χ0n) is 17.3. The third-order valence-corrected chi connectivity index (χ3v) is 6.18. The quantitative estimate of drug-likeness (QED) is 0.519. The number of carbonyl (C=O) groups is 2. The third-order valence-electron chi connectivity index (χ3n) is 5.03. The average Bonchev–Trinajstić information content (AvgIpc) is 2.92. The van der Waals surface area contributed by atoms with Gasteiger partial charge >= 0.3 is 6.18 Å². The molecular formula is C24H16F4N2O3S. The number of alkyl halides is 3. The first-order valence-corrected chi connectivity index (χ1v) is 11.1. The van der Waals surface area contributed by atoms with Crippen molar-refractivity contribution in [1.29, 1.82) is 0 Å². The summed E-state index contributed by atoms with van der Waals surface area (Å²) in [6.07, 6.45) is -3.85. The van der Waals surface area contributed by atoms with Gasteiger partial charge in [-0.3, -0.25) is 14.5 Å². The van der Waals surface area contributed by atoms with Gasteiger partial charge in [0.2, 0.25) is 5.91 Å². The van der Waals surface area contributed by atoms with Crippen LogP contribution in [0, 0.1) is 5.82 Å². The molecule has 0 aromatic heterocycles. The van der Waals surface area contributed by atoms with Gasteiger partial charge in [0, 0.05) is 17.0 Å². The van der Waals surface area contributed by atoms with Gasteiger partial charge in [-0.1, -0.05) is 42.5 Å². The van der Waals surface area contributed by atoms with E-state index < -0.39 is 52.4 Å². The molecule has 4 rings (SSSR count). The first-order valence-electron chi connectivity index (χ1n) is 9.90. The highest BCUT2D eigenvalue weighted by atomic mass is 32.2. The Morgan fingerprint density at radius 2 is 1.74 bits per heavy atom. The van der Waals surface area contributed by atoms with Gasteiger partial charge in [-0.25, -0.2) is 8.60 Å². The van der Waals surface area contributed by atoms with Gasteiger partial charge in [0.15, 0.2) is 0 Å². The van der Waals surface area contributed by atoms with Crippen LogP contribution in [-0.4, -0.2) is 22.6 Å². The summed E-state index contributed by atoms with van der Waals surface area (Å²) in [6, 6.07) is 15.7. The minimum atomic E-state index is -4.91. The predicted octanol–water partition coefficient (Wildman–Crippen LogP) is 5.12. The number of benzene rings is 3. The molecule has 0 saturated heterocycles. The zero-order chi connectivity index (χ0) is 24.5. The SMILES string of the molecule is O=C(CN1C(=O)C=CS(=O)c2cccc(-c3ccccc3)c21)Nc1ccc(F)cc1C(F)(F)F. The Morgan fingerprint density at radius 3 is 2.44 bits per heavy atom. The van der Waals surface area contributed by atoms with Crippen molar-refractivity contribution in [3.8, 4) is 11.1 Å². The van der Waals surface area contributed by atoms with Crippen molar-refractivity contribution in [3.05, 3.63) is 89.6 Å². The van der Waals surface area contributed by atoms with Crippen LogP contribution in [0.5, 0.6) is 0 Å². The lowest BCUT2D eigenvalue weighted by atomic mass is 10.0. The monoisotopic (exact) mass is 488 g/mol. The summed E-state index contributed by atoms with van der Waals surface area (Å²) >= 11 is 0. The van der Waals surface area contributed by atoms with E-state index in [1.807, 2.05) is 0 Å². The molecule has 174 valence electrons. The van der Waals surface area contributed by atoms with Gasteiger partial charge in [-0.2, -0.15) is 13.2 Å². The molecule has 2 amide bonds. The molecule has 3 aromatic rings. The number of anilines is 2. The summed E-state index contributed by atoms with van der Waals surface area (Å²) in [4.78, 5) is 27.0. The van der Waals surface area contributed by atoms with Crippen molar-refractivity contribution in [2.45, 2.75) is 11.1 Å². The first-order chi connectivity index (χ1) is 16.1. The molecule has 0 spiro atoms. The predicted molar refractivity (Wildman–Crippen MR) is 120 cm³/mol. The van der Waals surface area contributed by atoms with E-state index in [0.717, 1.165) is 23.1 Å². The lowest BCUT2D eigenvalue weighted by Gasteiger charge is -2.25. The molecule has 1 aliphatic rings. The maximum atomic E-state index is 13.4. The van der Waals surface area contributed by atoms with E-state index in [-0.39, 0.29) is 16.6 Å². The maximum absolute atomic E-state index is 13.4. The number of halogens is 4. The van der Waals surface area contributed by atoms with Crippen molar-refractivity contribution < 1.29 is 31.4 Å². The number of amides is 2. The third kappa shape index (κ3) is 4.76. The molecule has 1 N–H and O–H groups in total. The molecule has 5 nitrogen and oxygen atoms in total. The number of nitrogens with one attached hydrogen (secondary N) is 1. The first kappa shape index (κ1) is 23.4. The van der Waals surface area contributed by atoms with Gasteiger partial charge in [-0.05, 0) is 29.8 Å². The summed E-state index contributed by atoms with van der Waals surface area (Å²) in [5.74, 6) is -2.72. The minimum absolute atomic E-state index is 0.215. The van der Waals surface area contributed by atoms with E-state index in [1.165, 1.54) is 5.41 Å². The number of para-hydroxylation sites is 1. The topological polar surface area (TPSA) is 66.5 Å². The van der Waals surface area contributed by atoms with Crippen LogP contribution in [0.15, 0.2) is 83.1 Å². The number of hydrogen-bond acceptors (Lipinski definition) is 3. The van der Waals surface area contributed by atoms with Crippen LogP contribution < -0.4 is 10.2 Å². The Balaban J connectivity index is 1.73. The summed E-state index contributed by atoms with van der Waals surface area (Å²) in [5.41, 5.74) is -0.568. The minimum Gasteiger partial charge on any atom is -0.324 e. The van der Waals surface area contributed by atoms with Crippen molar-refractivity contribution in [3.63, 3.8) is 0 Å². The smallest absolute Gasteiger partial charge is 0.324 e. The Hall–Kier alpha value is -3.79. The summed E-state index contributed by atoms with van der Waals surface area (Å²) in [5, 5.41) is 3.30. The number of nitrogens with zero attached hydrogens (tertiary/aromatic N) is 1. The number of rotatable bonds is 4. The zero-order valence-corrected chi connectivity index (χ0v) is 18.1. The van der Waals surface area contributed by atoms with E-state index in [0.29, 0.717) is 11.1 Å². The van der Waals surface area contributed by atoms with E-state index >= 15 is 0 Å². The average molecular weight is 488 g/mol.